The zero-order chi connectivity index (χ0) is 6.08. The zero-order valence-corrected chi connectivity index (χ0v) is 8.67. The van der Waals surface area contributed by atoms with Gasteiger partial charge in [-0.15, -0.1) is 0 Å². The van der Waals surface area contributed by atoms with Crippen LogP contribution in [0.5, 0.6) is 0 Å². The van der Waals surface area contributed by atoms with Crippen molar-refractivity contribution in [2.24, 2.45) is 0 Å². The molecule has 0 spiro atoms. The van der Waals surface area contributed by atoms with Crippen molar-refractivity contribution in [1.82, 2.24) is 0 Å². The van der Waals surface area contributed by atoms with Crippen molar-refractivity contribution >= 4 is 64.7 Å². The second-order valence-electron chi connectivity index (χ2n) is 0.612. The molecule has 0 radical (unpaired) electrons. The molecule has 0 aromatic heterocycles. The second-order valence-corrected chi connectivity index (χ2v) is 3.88. The van der Waals surface area contributed by atoms with Crippen LogP contribution in [0.1, 0.15) is 0 Å². The Bertz CT molecular complexity index is 165. The summed E-state index contributed by atoms with van der Waals surface area (Å²) in [6, 6.07) is 0. The van der Waals surface area contributed by atoms with Gasteiger partial charge in [-0.3, -0.25) is 4.21 Å². The standard InChI is InChI=1S/H2O5S2.Sr/c1-6(2)7(3,4)5;/h(H,1,2)(H,3,4,5);/q;+2/p-2. The number of hydrogen-bond acceptors (Lipinski definition) is 5. The van der Waals surface area contributed by atoms with E-state index in [0.717, 1.165) is 0 Å². The first-order chi connectivity index (χ1) is 2.94. The third-order valence-electron chi connectivity index (χ3n) is 0.167. The van der Waals surface area contributed by atoms with Crippen molar-refractivity contribution in [2.45, 2.75) is 0 Å². The predicted molar refractivity (Wildman–Crippen MR) is 24.4 cm³/mol. The van der Waals surface area contributed by atoms with E-state index in [-0.39, 0.29) is 45.5 Å². The van der Waals surface area contributed by atoms with E-state index in [1.165, 1.54) is 0 Å². The third kappa shape index (κ3) is 5.63. The quantitative estimate of drug-likeness (QED) is 0.224. The SMILES string of the molecule is O=S([O-])S(=O)(=O)[O-].[Sr+2]. The Balaban J connectivity index is 0. The van der Waals surface area contributed by atoms with Gasteiger partial charge in [0, 0.05) is 0 Å². The fourth-order valence-electron chi connectivity index (χ4n) is 0. The molecular weight excluding hydrogens is 232 g/mol. The number of hydrogen-bond donors (Lipinski definition) is 0. The summed E-state index contributed by atoms with van der Waals surface area (Å²) in [7, 11) is -8.59. The van der Waals surface area contributed by atoms with Crippen LogP contribution in [-0.4, -0.2) is 67.2 Å². The molecule has 8 heteroatoms. The number of rotatable bonds is 1. The first-order valence-corrected chi connectivity index (χ1v) is 4.00. The molecule has 0 rings (SSSR count). The van der Waals surface area contributed by atoms with Crippen LogP contribution in [0, 0.1) is 0 Å². The Labute approximate surface area is 85.2 Å². The molecule has 0 aliphatic heterocycles. The van der Waals surface area contributed by atoms with Gasteiger partial charge in [-0.2, -0.15) is 0 Å². The van der Waals surface area contributed by atoms with Crippen molar-refractivity contribution in [2.75, 3.05) is 0 Å². The first-order valence-electron chi connectivity index (χ1n) is 1.00. The van der Waals surface area contributed by atoms with Gasteiger partial charge in [0.05, 0.1) is 10.1 Å². The summed E-state index contributed by atoms with van der Waals surface area (Å²) < 4.78 is 45.7. The van der Waals surface area contributed by atoms with Gasteiger partial charge >= 0.3 is 45.5 Å². The van der Waals surface area contributed by atoms with E-state index in [9.17, 15) is 0 Å². The van der Waals surface area contributed by atoms with E-state index in [4.69, 9.17) is 21.7 Å². The molecule has 0 amide bonds. The van der Waals surface area contributed by atoms with E-state index in [1.54, 1.807) is 0 Å². The Kier molecular flexibility index (Phi) is 6.62. The largest absolute Gasteiger partial charge is 2.00 e. The normalized spacial score (nSPS) is 14.2. The van der Waals surface area contributed by atoms with Gasteiger partial charge in [0.2, 0.25) is 0 Å². The Morgan fingerprint density at radius 2 is 1.50 bits per heavy atom. The predicted octanol–water partition coefficient (Wildman–Crippen LogP) is -2.06. The van der Waals surface area contributed by atoms with Crippen LogP contribution in [0.3, 0.4) is 0 Å². The minimum absolute atomic E-state index is 0. The molecule has 0 heterocycles. The van der Waals surface area contributed by atoms with Gasteiger partial charge in [-0.05, 0) is 0 Å². The smallest absolute Gasteiger partial charge is 0.761 e. The molecule has 0 aliphatic carbocycles. The Hall–Kier alpha value is 1.50. The van der Waals surface area contributed by atoms with Crippen LogP contribution < -0.4 is 0 Å². The topological polar surface area (TPSA) is 97.3 Å². The maximum Gasteiger partial charge on any atom is 2.00 e. The van der Waals surface area contributed by atoms with E-state index >= 15 is 0 Å². The van der Waals surface area contributed by atoms with Crippen molar-refractivity contribution in [3.63, 3.8) is 0 Å². The van der Waals surface area contributed by atoms with Crippen LogP contribution in [0.4, 0.5) is 0 Å². The van der Waals surface area contributed by atoms with Crippen LogP contribution in [-0.2, 0) is 19.3 Å². The molecule has 1 atom stereocenters. The van der Waals surface area contributed by atoms with Gasteiger partial charge in [0.1, 0.15) is 0 Å². The summed E-state index contributed by atoms with van der Waals surface area (Å²) in [6.45, 7) is 0. The molecule has 44 valence electrons. The van der Waals surface area contributed by atoms with Crippen LogP contribution in [0.2, 0.25) is 0 Å². The summed E-state index contributed by atoms with van der Waals surface area (Å²) in [6.07, 6.45) is 0. The van der Waals surface area contributed by atoms with Gasteiger partial charge in [0.15, 0.2) is 9.15 Å². The minimum atomic E-state index is -5.07. The summed E-state index contributed by atoms with van der Waals surface area (Å²) in [4.78, 5) is 0. The molecule has 0 aromatic rings. The molecule has 0 aromatic carbocycles. The molecule has 0 N–H and O–H groups in total. The Morgan fingerprint density at radius 3 is 1.50 bits per heavy atom. The maximum absolute atomic E-state index is 9.16. The molecular formula is O5S2Sr. The monoisotopic (exact) mass is 232 g/mol. The molecule has 5 nitrogen and oxygen atoms in total. The van der Waals surface area contributed by atoms with E-state index in [0.29, 0.717) is 0 Å². The molecule has 0 saturated carbocycles. The minimum Gasteiger partial charge on any atom is -0.761 e. The fraction of sp³-hybridized carbons (Fsp3) is 0. The van der Waals surface area contributed by atoms with Crippen molar-refractivity contribution in [3.05, 3.63) is 0 Å². The van der Waals surface area contributed by atoms with Crippen LogP contribution in [0.15, 0.2) is 0 Å². The van der Waals surface area contributed by atoms with Crippen molar-refractivity contribution in [3.8, 4) is 0 Å². The molecule has 0 saturated heterocycles. The first kappa shape index (κ1) is 12.2. The van der Waals surface area contributed by atoms with Crippen LogP contribution in [0.25, 0.3) is 0 Å². The van der Waals surface area contributed by atoms with E-state index in [1.807, 2.05) is 0 Å². The summed E-state index contributed by atoms with van der Waals surface area (Å²) in [5.74, 6) is 0. The average Bonchev–Trinajstić information content (AvgIpc) is 1.31. The second kappa shape index (κ2) is 4.34. The average molecular weight is 232 g/mol. The van der Waals surface area contributed by atoms with E-state index in [2.05, 4.69) is 0 Å². The molecule has 0 fully saturated rings. The summed E-state index contributed by atoms with van der Waals surface area (Å²) >= 11 is 0. The van der Waals surface area contributed by atoms with E-state index < -0.39 is 19.3 Å². The van der Waals surface area contributed by atoms with Gasteiger partial charge in [0.25, 0.3) is 0 Å². The van der Waals surface area contributed by atoms with Crippen molar-refractivity contribution < 1.29 is 21.7 Å². The molecule has 8 heavy (non-hydrogen) atoms. The zero-order valence-electron chi connectivity index (χ0n) is 3.56. The summed E-state index contributed by atoms with van der Waals surface area (Å²) in [5, 5.41) is 0. The molecule has 0 bridgehead atoms. The van der Waals surface area contributed by atoms with Crippen LogP contribution >= 0.6 is 0 Å². The van der Waals surface area contributed by atoms with Gasteiger partial charge < -0.3 is 9.11 Å². The molecule has 0 aliphatic rings. The maximum atomic E-state index is 9.16. The van der Waals surface area contributed by atoms with Gasteiger partial charge in [-0.1, -0.05) is 0 Å². The fourth-order valence-corrected chi connectivity index (χ4v) is 0. The Morgan fingerprint density at radius 1 is 1.38 bits per heavy atom. The summed E-state index contributed by atoms with van der Waals surface area (Å²) in [5.41, 5.74) is 0. The third-order valence-corrected chi connectivity index (χ3v) is 1.50. The van der Waals surface area contributed by atoms with Crippen molar-refractivity contribution in [1.29, 1.82) is 0 Å². The molecule has 1 unspecified atom stereocenters. The van der Waals surface area contributed by atoms with Gasteiger partial charge in [-0.25, -0.2) is 8.42 Å².